The Labute approximate surface area is 155 Å². The Balaban J connectivity index is 1.90. The molecule has 2 aliphatic heterocycles. The Morgan fingerprint density at radius 2 is 1.88 bits per heavy atom. The van der Waals surface area contributed by atoms with Crippen LogP contribution in [-0.4, -0.2) is 53.3 Å². The lowest BCUT2D eigenvalue weighted by atomic mass is 9.85. The molecule has 0 radical (unpaired) electrons. The van der Waals surface area contributed by atoms with Crippen molar-refractivity contribution in [1.82, 2.24) is 4.90 Å². The predicted molar refractivity (Wildman–Crippen MR) is 91.8 cm³/mol. The smallest absolute Gasteiger partial charge is 0.327 e. The van der Waals surface area contributed by atoms with E-state index in [2.05, 4.69) is 15.9 Å². The van der Waals surface area contributed by atoms with Gasteiger partial charge in [0.05, 0.1) is 0 Å². The van der Waals surface area contributed by atoms with Gasteiger partial charge in [-0.1, -0.05) is 28.1 Å². The van der Waals surface area contributed by atoms with Crippen LogP contribution in [-0.2, 0) is 14.4 Å². The summed E-state index contributed by atoms with van der Waals surface area (Å²) in [5.41, 5.74) is 0.161. The lowest BCUT2D eigenvalue weighted by Gasteiger charge is -2.49. The number of carboxylic acids is 1. The number of β-lactam (4-membered cyclic amide) rings is 1. The highest BCUT2D eigenvalue weighted by Gasteiger charge is 2.74. The summed E-state index contributed by atoms with van der Waals surface area (Å²) >= 11 is 4.35. The van der Waals surface area contributed by atoms with E-state index in [4.69, 9.17) is 0 Å². The molecule has 1 aromatic rings. The number of thioether (sulfide) groups is 1. The summed E-state index contributed by atoms with van der Waals surface area (Å²) in [6.45, 7) is 3.38. The fourth-order valence-corrected chi connectivity index (χ4v) is 5.79. The minimum Gasteiger partial charge on any atom is -0.480 e. The average Bonchev–Trinajstić information content (AvgIpc) is 2.82. The quantitative estimate of drug-likeness (QED) is 0.428. The second-order valence-corrected chi connectivity index (χ2v) is 9.54. The van der Waals surface area contributed by atoms with Crippen LogP contribution < -0.4 is 0 Å². The zero-order valence-corrected chi connectivity index (χ0v) is 15.7. The van der Waals surface area contributed by atoms with Crippen LogP contribution in [0.5, 0.6) is 0 Å². The monoisotopic (exact) mass is 431 g/mol. The molecule has 25 heavy (non-hydrogen) atoms. The van der Waals surface area contributed by atoms with Gasteiger partial charge in [0.1, 0.15) is 23.3 Å². The number of carbonyl (C=O) groups excluding carboxylic acids is 2. The molecule has 1 amide bonds. The zero-order chi connectivity index (χ0) is 18.7. The third-order valence-electron chi connectivity index (χ3n) is 4.52. The van der Waals surface area contributed by atoms with E-state index < -0.39 is 50.1 Å². The molecule has 2 aliphatic rings. The van der Waals surface area contributed by atoms with Gasteiger partial charge in [0.15, 0.2) is 10.1 Å². The third kappa shape index (κ3) is 2.51. The standard InChI is InChI=1S/C16H15BrFNO5S/c1-15(2)10(12(22)23)19-13(24)16(17,14(19)25-15)11(21)9(20)7-3-5-8(18)6-4-7/h3-6,9-10,14,20H,1-2H3,(H,22,23)/t9?,10-,14+,16?/m0/s1. The largest absolute Gasteiger partial charge is 0.480 e. The summed E-state index contributed by atoms with van der Waals surface area (Å²) < 4.78 is 10.5. The Morgan fingerprint density at radius 1 is 1.32 bits per heavy atom. The summed E-state index contributed by atoms with van der Waals surface area (Å²) in [5.74, 6) is -3.14. The molecule has 0 bridgehead atoms. The molecule has 0 aromatic heterocycles. The molecular formula is C16H15BrFNO5S. The second kappa shape index (κ2) is 5.78. The van der Waals surface area contributed by atoms with E-state index in [1.54, 1.807) is 13.8 Å². The first-order chi connectivity index (χ1) is 11.5. The second-order valence-electron chi connectivity index (χ2n) is 6.56. The fourth-order valence-electron chi connectivity index (χ4n) is 3.24. The molecule has 134 valence electrons. The summed E-state index contributed by atoms with van der Waals surface area (Å²) in [6, 6.07) is 3.68. The molecule has 2 unspecified atom stereocenters. The van der Waals surface area contributed by atoms with E-state index in [9.17, 15) is 29.0 Å². The van der Waals surface area contributed by atoms with E-state index in [1.807, 2.05) is 0 Å². The number of hydrogen-bond acceptors (Lipinski definition) is 5. The number of aliphatic hydroxyl groups is 1. The van der Waals surface area contributed by atoms with E-state index >= 15 is 0 Å². The summed E-state index contributed by atoms with van der Waals surface area (Å²) in [5, 5.41) is 19.0. The molecule has 2 saturated heterocycles. The Morgan fingerprint density at radius 3 is 2.40 bits per heavy atom. The van der Waals surface area contributed by atoms with Crippen molar-refractivity contribution in [2.75, 3.05) is 0 Å². The van der Waals surface area contributed by atoms with Crippen LogP contribution >= 0.6 is 27.7 Å². The van der Waals surface area contributed by atoms with Crippen molar-refractivity contribution in [3.05, 3.63) is 35.6 Å². The van der Waals surface area contributed by atoms with Gasteiger partial charge in [0, 0.05) is 4.75 Å². The number of amides is 1. The molecule has 9 heteroatoms. The molecule has 0 spiro atoms. The minimum atomic E-state index is -1.70. The van der Waals surface area contributed by atoms with Gasteiger partial charge in [-0.2, -0.15) is 0 Å². The van der Waals surface area contributed by atoms with E-state index in [0.29, 0.717) is 0 Å². The van der Waals surface area contributed by atoms with Crippen LogP contribution in [0.4, 0.5) is 4.39 Å². The number of ketones is 1. The highest BCUT2D eigenvalue weighted by atomic mass is 79.9. The highest BCUT2D eigenvalue weighted by molar-refractivity contribution is 9.10. The number of hydrogen-bond donors (Lipinski definition) is 2. The summed E-state index contributed by atoms with van der Waals surface area (Å²) in [4.78, 5) is 38.1. The maximum absolute atomic E-state index is 13.0. The van der Waals surface area contributed by atoms with E-state index in [0.717, 1.165) is 17.0 Å². The summed E-state index contributed by atoms with van der Waals surface area (Å²) in [7, 11) is 0. The van der Waals surface area contributed by atoms with Crippen LogP contribution in [0.3, 0.4) is 0 Å². The van der Waals surface area contributed by atoms with Crippen LogP contribution in [0.25, 0.3) is 0 Å². The minimum absolute atomic E-state index is 0.161. The Bertz CT molecular complexity index is 770. The number of Topliss-reactive ketones (excluding diaryl/α,β-unsaturated/α-hetero) is 1. The Hall–Kier alpha value is -1.45. The van der Waals surface area contributed by atoms with Gasteiger partial charge in [-0.25, -0.2) is 9.18 Å². The number of benzene rings is 1. The third-order valence-corrected chi connectivity index (χ3v) is 7.62. The first-order valence-electron chi connectivity index (χ1n) is 7.42. The van der Waals surface area contributed by atoms with Gasteiger partial charge in [-0.05, 0) is 31.5 Å². The van der Waals surface area contributed by atoms with Crippen molar-refractivity contribution in [3.63, 3.8) is 0 Å². The lowest BCUT2D eigenvalue weighted by molar-refractivity contribution is -0.164. The van der Waals surface area contributed by atoms with Crippen LogP contribution in [0.15, 0.2) is 24.3 Å². The molecule has 0 saturated carbocycles. The number of fused-ring (bicyclic) bond motifs is 1. The zero-order valence-electron chi connectivity index (χ0n) is 13.3. The first kappa shape index (κ1) is 18.3. The van der Waals surface area contributed by atoms with Crippen molar-refractivity contribution in [1.29, 1.82) is 0 Å². The van der Waals surface area contributed by atoms with Gasteiger partial charge in [0.2, 0.25) is 0 Å². The number of aliphatic hydroxyl groups excluding tert-OH is 1. The average molecular weight is 432 g/mol. The van der Waals surface area contributed by atoms with Crippen molar-refractivity contribution in [2.24, 2.45) is 0 Å². The van der Waals surface area contributed by atoms with Gasteiger partial charge >= 0.3 is 5.97 Å². The van der Waals surface area contributed by atoms with E-state index in [1.165, 1.54) is 23.9 Å². The topological polar surface area (TPSA) is 94.9 Å². The van der Waals surface area contributed by atoms with Crippen molar-refractivity contribution in [2.45, 2.75) is 40.4 Å². The van der Waals surface area contributed by atoms with Crippen LogP contribution in [0.2, 0.25) is 0 Å². The molecule has 4 atom stereocenters. The highest BCUT2D eigenvalue weighted by Crippen LogP contribution is 2.58. The number of halogens is 2. The molecule has 6 nitrogen and oxygen atoms in total. The van der Waals surface area contributed by atoms with Crippen molar-refractivity contribution >= 4 is 45.4 Å². The van der Waals surface area contributed by atoms with E-state index in [-0.39, 0.29) is 5.56 Å². The predicted octanol–water partition coefficient (Wildman–Crippen LogP) is 1.71. The number of aliphatic carboxylic acids is 1. The van der Waals surface area contributed by atoms with Gasteiger partial charge < -0.3 is 15.1 Å². The molecule has 2 fully saturated rings. The van der Waals surface area contributed by atoms with Crippen LogP contribution in [0.1, 0.15) is 25.5 Å². The molecule has 1 aromatic carbocycles. The van der Waals surface area contributed by atoms with Crippen molar-refractivity contribution in [3.8, 4) is 0 Å². The number of carboxylic acid groups (broad SMARTS) is 1. The summed E-state index contributed by atoms with van der Waals surface area (Å²) in [6.07, 6.45) is -1.63. The number of rotatable bonds is 4. The molecular weight excluding hydrogens is 417 g/mol. The lowest BCUT2D eigenvalue weighted by Crippen LogP contribution is -2.74. The van der Waals surface area contributed by atoms with Gasteiger partial charge in [-0.3, -0.25) is 9.59 Å². The number of carbonyl (C=O) groups is 3. The SMILES string of the molecule is CC1(C)S[C@H]2N(C(=O)C2(Br)C(=O)C(O)c2ccc(F)cc2)[C@H]1C(=O)O. The molecule has 0 aliphatic carbocycles. The molecule has 3 rings (SSSR count). The van der Waals surface area contributed by atoms with Gasteiger partial charge in [0.25, 0.3) is 5.91 Å². The number of nitrogens with zero attached hydrogens (tertiary/aromatic N) is 1. The maximum atomic E-state index is 13.0. The Kier molecular flexibility index (Phi) is 4.24. The fraction of sp³-hybridized carbons (Fsp3) is 0.438. The van der Waals surface area contributed by atoms with Gasteiger partial charge in [-0.15, -0.1) is 11.8 Å². The van der Waals surface area contributed by atoms with Crippen molar-refractivity contribution < 1.29 is 29.0 Å². The maximum Gasteiger partial charge on any atom is 0.327 e. The van der Waals surface area contributed by atoms with Crippen LogP contribution in [0, 0.1) is 5.82 Å². The first-order valence-corrected chi connectivity index (χ1v) is 9.09. The normalized spacial score (nSPS) is 31.2. The number of alkyl halides is 1. The molecule has 2 heterocycles. The molecule has 2 N–H and O–H groups in total.